The molecule has 0 spiro atoms. The highest BCUT2D eigenvalue weighted by atomic mass is 19.1. The van der Waals surface area contributed by atoms with Gasteiger partial charge in [-0.2, -0.15) is 0 Å². The van der Waals surface area contributed by atoms with Gasteiger partial charge in [0.25, 0.3) is 0 Å². The van der Waals surface area contributed by atoms with Crippen LogP contribution in [0.1, 0.15) is 47.9 Å². The molecule has 3 fully saturated rings. The minimum absolute atomic E-state index is 0.123. The standard InChI is InChI=1S/C27H30F2N4O3/c1-31-11-12-32(27(31)36)16-24(34)33-15-20(28)14-23(33)26(35)30-25(18-5-3-2-4-6-18)19-9-10-21(17-7-8-17)22(29)13-19/h2-6,9-10,13,17,20,23,25H,7-8,11-12,14-16H2,1H3,(H,30,35). The average molecular weight is 497 g/mol. The van der Waals surface area contributed by atoms with Gasteiger partial charge in [-0.05, 0) is 41.5 Å². The second-order valence-corrected chi connectivity index (χ2v) is 9.93. The number of rotatable bonds is 7. The maximum absolute atomic E-state index is 14.9. The predicted octanol–water partition coefficient (Wildman–Crippen LogP) is 3.22. The van der Waals surface area contributed by atoms with Crippen molar-refractivity contribution >= 4 is 17.8 Å². The van der Waals surface area contributed by atoms with Crippen LogP contribution in [0.2, 0.25) is 0 Å². The molecule has 2 heterocycles. The Morgan fingerprint density at radius 2 is 1.83 bits per heavy atom. The third-order valence-electron chi connectivity index (χ3n) is 7.30. The van der Waals surface area contributed by atoms with Crippen LogP contribution in [-0.4, -0.2) is 78.0 Å². The number of benzene rings is 2. The van der Waals surface area contributed by atoms with E-state index in [2.05, 4.69) is 5.32 Å². The van der Waals surface area contributed by atoms with Gasteiger partial charge in [-0.1, -0.05) is 42.5 Å². The average Bonchev–Trinajstić information content (AvgIpc) is 3.57. The quantitative estimate of drug-likeness (QED) is 0.640. The molecule has 190 valence electrons. The van der Waals surface area contributed by atoms with E-state index in [9.17, 15) is 23.2 Å². The summed E-state index contributed by atoms with van der Waals surface area (Å²) in [6, 6.07) is 12.3. The monoisotopic (exact) mass is 496 g/mol. The van der Waals surface area contributed by atoms with Crippen molar-refractivity contribution in [2.75, 3.05) is 33.2 Å². The van der Waals surface area contributed by atoms with Crippen LogP contribution in [0.5, 0.6) is 0 Å². The first-order valence-corrected chi connectivity index (χ1v) is 12.4. The van der Waals surface area contributed by atoms with Crippen molar-refractivity contribution in [2.24, 2.45) is 0 Å². The molecule has 2 saturated heterocycles. The topological polar surface area (TPSA) is 73.0 Å². The number of halogens is 2. The van der Waals surface area contributed by atoms with Crippen molar-refractivity contribution in [3.63, 3.8) is 0 Å². The Hall–Kier alpha value is -3.49. The van der Waals surface area contributed by atoms with Crippen molar-refractivity contribution in [3.05, 3.63) is 71.0 Å². The molecule has 1 N–H and O–H groups in total. The van der Waals surface area contributed by atoms with E-state index in [0.29, 0.717) is 24.2 Å². The van der Waals surface area contributed by atoms with Gasteiger partial charge in [0.05, 0.1) is 12.6 Å². The summed E-state index contributed by atoms with van der Waals surface area (Å²) in [7, 11) is 1.65. The van der Waals surface area contributed by atoms with Crippen molar-refractivity contribution in [1.29, 1.82) is 0 Å². The van der Waals surface area contributed by atoms with Crippen LogP contribution >= 0.6 is 0 Å². The largest absolute Gasteiger partial charge is 0.343 e. The molecule has 4 amide bonds. The molecule has 0 bridgehead atoms. The molecular formula is C27H30F2N4O3. The fraction of sp³-hybridized carbons (Fsp3) is 0.444. The second-order valence-electron chi connectivity index (χ2n) is 9.93. The number of nitrogens with one attached hydrogen (secondary N) is 1. The molecule has 2 aromatic rings. The van der Waals surface area contributed by atoms with Gasteiger partial charge in [0, 0.05) is 26.6 Å². The molecule has 2 aromatic carbocycles. The van der Waals surface area contributed by atoms with E-state index in [-0.39, 0.29) is 37.3 Å². The molecular weight excluding hydrogens is 466 g/mol. The Kier molecular flexibility index (Phi) is 6.64. The molecule has 3 aliphatic rings. The highest BCUT2D eigenvalue weighted by Crippen LogP contribution is 2.42. The minimum atomic E-state index is -1.34. The highest BCUT2D eigenvalue weighted by Gasteiger charge is 2.42. The fourth-order valence-corrected chi connectivity index (χ4v) is 5.10. The zero-order valence-electron chi connectivity index (χ0n) is 20.2. The van der Waals surface area contributed by atoms with Gasteiger partial charge in [-0.3, -0.25) is 9.59 Å². The van der Waals surface area contributed by atoms with Gasteiger partial charge in [0.15, 0.2) is 0 Å². The summed E-state index contributed by atoms with van der Waals surface area (Å²) in [5.74, 6) is -1.01. The van der Waals surface area contributed by atoms with Crippen LogP contribution in [0.3, 0.4) is 0 Å². The number of hydrogen-bond acceptors (Lipinski definition) is 3. The maximum atomic E-state index is 14.9. The first kappa shape index (κ1) is 24.2. The third kappa shape index (κ3) is 4.92. The van der Waals surface area contributed by atoms with E-state index in [1.54, 1.807) is 13.1 Å². The number of nitrogens with zero attached hydrogens (tertiary/aromatic N) is 3. The van der Waals surface area contributed by atoms with Crippen molar-refractivity contribution in [1.82, 2.24) is 20.0 Å². The SMILES string of the molecule is CN1CCN(CC(=O)N2CC(F)CC2C(=O)NC(c2ccccc2)c2ccc(C3CC3)c(F)c2)C1=O. The van der Waals surface area contributed by atoms with Gasteiger partial charge in [0.2, 0.25) is 11.8 Å². The summed E-state index contributed by atoms with van der Waals surface area (Å²) in [4.78, 5) is 42.8. The van der Waals surface area contributed by atoms with E-state index in [0.717, 1.165) is 18.4 Å². The van der Waals surface area contributed by atoms with Crippen LogP contribution in [0, 0.1) is 5.82 Å². The smallest absolute Gasteiger partial charge is 0.320 e. The lowest BCUT2D eigenvalue weighted by Crippen LogP contribution is -2.50. The second kappa shape index (κ2) is 9.87. The molecule has 7 nitrogen and oxygen atoms in total. The van der Waals surface area contributed by atoms with Crippen LogP contribution < -0.4 is 5.32 Å². The third-order valence-corrected chi connectivity index (χ3v) is 7.30. The molecule has 3 atom stereocenters. The molecule has 0 radical (unpaired) electrons. The lowest BCUT2D eigenvalue weighted by molar-refractivity contribution is -0.139. The van der Waals surface area contributed by atoms with Crippen LogP contribution in [-0.2, 0) is 9.59 Å². The van der Waals surface area contributed by atoms with Crippen LogP contribution in [0.15, 0.2) is 48.5 Å². The van der Waals surface area contributed by atoms with Gasteiger partial charge >= 0.3 is 6.03 Å². The lowest BCUT2D eigenvalue weighted by atomic mass is 9.96. The summed E-state index contributed by atoms with van der Waals surface area (Å²) in [5.41, 5.74) is 2.02. The Bertz CT molecular complexity index is 1160. The van der Waals surface area contributed by atoms with Gasteiger partial charge in [-0.25, -0.2) is 13.6 Å². The summed E-state index contributed by atoms with van der Waals surface area (Å²) in [6.07, 6.45) is 0.489. The van der Waals surface area contributed by atoms with E-state index in [1.165, 1.54) is 20.8 Å². The van der Waals surface area contributed by atoms with Gasteiger partial charge in [-0.15, -0.1) is 0 Å². The summed E-state index contributed by atoms with van der Waals surface area (Å²) >= 11 is 0. The van der Waals surface area contributed by atoms with E-state index in [1.807, 2.05) is 36.4 Å². The number of amides is 4. The van der Waals surface area contributed by atoms with Crippen molar-refractivity contribution in [3.8, 4) is 0 Å². The summed E-state index contributed by atoms with van der Waals surface area (Å²) < 4.78 is 29.3. The zero-order valence-corrected chi connectivity index (χ0v) is 20.2. The van der Waals surface area contributed by atoms with Crippen molar-refractivity contribution < 1.29 is 23.2 Å². The zero-order chi connectivity index (χ0) is 25.4. The number of hydrogen-bond donors (Lipinski definition) is 1. The molecule has 5 rings (SSSR count). The lowest BCUT2D eigenvalue weighted by Gasteiger charge is -2.28. The highest BCUT2D eigenvalue weighted by molar-refractivity contribution is 5.91. The number of carbonyl (C=O) groups is 3. The Morgan fingerprint density at radius 3 is 2.47 bits per heavy atom. The number of alkyl halides is 1. The van der Waals surface area contributed by atoms with E-state index >= 15 is 0 Å². The Balaban J connectivity index is 1.35. The molecule has 0 aromatic heterocycles. The predicted molar refractivity (Wildman–Crippen MR) is 129 cm³/mol. The molecule has 36 heavy (non-hydrogen) atoms. The number of likely N-dealkylation sites (N-methyl/N-ethyl adjacent to an activating group) is 1. The van der Waals surface area contributed by atoms with Crippen molar-refractivity contribution in [2.45, 2.75) is 43.4 Å². The molecule has 1 saturated carbocycles. The number of urea groups is 1. The normalized spacial score (nSPS) is 22.8. The minimum Gasteiger partial charge on any atom is -0.343 e. The Morgan fingerprint density at radius 1 is 1.08 bits per heavy atom. The molecule has 3 unspecified atom stereocenters. The van der Waals surface area contributed by atoms with Crippen LogP contribution in [0.4, 0.5) is 13.6 Å². The number of likely N-dealkylation sites (tertiary alicyclic amines) is 1. The molecule has 1 aliphatic carbocycles. The molecule has 2 aliphatic heterocycles. The van der Waals surface area contributed by atoms with Gasteiger partial charge in [0.1, 0.15) is 24.6 Å². The van der Waals surface area contributed by atoms with Crippen LogP contribution in [0.25, 0.3) is 0 Å². The summed E-state index contributed by atoms with van der Waals surface area (Å²) in [6.45, 7) is 0.519. The first-order chi connectivity index (χ1) is 17.3. The summed E-state index contributed by atoms with van der Waals surface area (Å²) in [5, 5.41) is 2.94. The Labute approximate surface area is 209 Å². The molecule has 9 heteroatoms. The fourth-order valence-electron chi connectivity index (χ4n) is 5.10. The number of carbonyl (C=O) groups excluding carboxylic acids is 3. The first-order valence-electron chi connectivity index (χ1n) is 12.4. The van der Waals surface area contributed by atoms with E-state index < -0.39 is 30.1 Å². The van der Waals surface area contributed by atoms with Gasteiger partial charge < -0.3 is 20.0 Å². The van der Waals surface area contributed by atoms with E-state index in [4.69, 9.17) is 0 Å². The maximum Gasteiger partial charge on any atom is 0.320 e.